The van der Waals surface area contributed by atoms with E-state index in [1.54, 1.807) is 11.3 Å². The number of nitrogens with two attached hydrogens (primary N) is 1. The summed E-state index contributed by atoms with van der Waals surface area (Å²) in [5.74, 6) is 0.557. The molecular formula is C17H20N2OS. The summed E-state index contributed by atoms with van der Waals surface area (Å²) < 4.78 is 0. The maximum atomic E-state index is 12.6. The van der Waals surface area contributed by atoms with Crippen molar-refractivity contribution >= 4 is 17.2 Å². The lowest BCUT2D eigenvalue weighted by molar-refractivity contribution is 0.0650. The molecule has 1 aliphatic rings. The van der Waals surface area contributed by atoms with E-state index in [0.29, 0.717) is 12.5 Å². The van der Waals surface area contributed by atoms with Gasteiger partial charge in [0.1, 0.15) is 0 Å². The molecule has 0 spiro atoms. The summed E-state index contributed by atoms with van der Waals surface area (Å²) in [6, 6.07) is 13.8. The molecule has 2 unspecified atom stereocenters. The van der Waals surface area contributed by atoms with Gasteiger partial charge in [0.25, 0.3) is 5.91 Å². The number of rotatable bonds is 3. The van der Waals surface area contributed by atoms with Crippen molar-refractivity contribution in [3.05, 3.63) is 58.3 Å². The topological polar surface area (TPSA) is 46.3 Å². The number of carbonyl (C=O) groups excluding carboxylic acids is 1. The van der Waals surface area contributed by atoms with E-state index in [4.69, 9.17) is 5.73 Å². The second-order valence-electron chi connectivity index (χ2n) is 5.72. The predicted molar refractivity (Wildman–Crippen MR) is 86.5 cm³/mol. The Morgan fingerprint density at radius 2 is 2.00 bits per heavy atom. The third kappa shape index (κ3) is 3.52. The van der Waals surface area contributed by atoms with Gasteiger partial charge in [0, 0.05) is 29.6 Å². The van der Waals surface area contributed by atoms with E-state index in [1.807, 2.05) is 35.2 Å². The third-order valence-corrected chi connectivity index (χ3v) is 4.85. The van der Waals surface area contributed by atoms with Gasteiger partial charge in [-0.3, -0.25) is 4.79 Å². The van der Waals surface area contributed by atoms with Crippen LogP contribution in [0.4, 0.5) is 0 Å². The molecule has 1 amide bonds. The summed E-state index contributed by atoms with van der Waals surface area (Å²) in [5.41, 5.74) is 6.92. The van der Waals surface area contributed by atoms with Gasteiger partial charge < -0.3 is 10.6 Å². The molecule has 3 rings (SSSR count). The molecule has 1 fully saturated rings. The van der Waals surface area contributed by atoms with Crippen LogP contribution in [0.2, 0.25) is 0 Å². The van der Waals surface area contributed by atoms with Crippen molar-refractivity contribution in [1.29, 1.82) is 0 Å². The van der Waals surface area contributed by atoms with Crippen LogP contribution in [0, 0.1) is 5.92 Å². The largest absolute Gasteiger partial charge is 0.337 e. The molecule has 2 atom stereocenters. The van der Waals surface area contributed by atoms with Crippen LogP contribution in [0.5, 0.6) is 0 Å². The van der Waals surface area contributed by atoms with Crippen LogP contribution in [0.15, 0.2) is 47.8 Å². The zero-order valence-electron chi connectivity index (χ0n) is 11.9. The molecule has 0 radical (unpaired) electrons. The number of hydrogen-bond donors (Lipinski definition) is 1. The number of amides is 1. The number of nitrogens with zero attached hydrogens (tertiary/aromatic N) is 1. The summed E-state index contributed by atoms with van der Waals surface area (Å²) in [7, 11) is 0. The Bertz CT molecular complexity index is 582. The summed E-state index contributed by atoms with van der Waals surface area (Å²) in [4.78, 5) is 15.9. The fraction of sp³-hybridized carbons (Fsp3) is 0.353. The van der Waals surface area contributed by atoms with E-state index >= 15 is 0 Å². The predicted octanol–water partition coefficient (Wildman–Crippen LogP) is 2.78. The molecule has 0 saturated carbocycles. The molecule has 1 aromatic heterocycles. The van der Waals surface area contributed by atoms with Crippen molar-refractivity contribution in [1.82, 2.24) is 4.90 Å². The Hall–Kier alpha value is -1.65. The van der Waals surface area contributed by atoms with Crippen molar-refractivity contribution in [3.8, 4) is 0 Å². The van der Waals surface area contributed by atoms with Crippen molar-refractivity contribution in [2.24, 2.45) is 11.7 Å². The Balaban J connectivity index is 1.69. The minimum absolute atomic E-state index is 0.0800. The summed E-state index contributed by atoms with van der Waals surface area (Å²) in [6.45, 7) is 1.47. The van der Waals surface area contributed by atoms with Gasteiger partial charge in [-0.25, -0.2) is 0 Å². The van der Waals surface area contributed by atoms with Crippen LogP contribution < -0.4 is 5.73 Å². The minimum Gasteiger partial charge on any atom is -0.337 e. The van der Waals surface area contributed by atoms with E-state index in [0.717, 1.165) is 24.9 Å². The molecule has 0 aliphatic carbocycles. The second-order valence-corrected chi connectivity index (χ2v) is 6.75. The van der Waals surface area contributed by atoms with Crippen LogP contribution in [0.3, 0.4) is 0 Å². The molecule has 1 saturated heterocycles. The number of carbonyl (C=O) groups is 1. The third-order valence-electron chi connectivity index (χ3n) is 3.95. The lowest BCUT2D eigenvalue weighted by Gasteiger charge is -2.36. The van der Waals surface area contributed by atoms with Gasteiger partial charge in [0.05, 0.1) is 0 Å². The maximum Gasteiger partial charge on any atom is 0.253 e. The van der Waals surface area contributed by atoms with Gasteiger partial charge in [0.15, 0.2) is 0 Å². The summed E-state index contributed by atoms with van der Waals surface area (Å²) in [6.07, 6.45) is 2.01. The summed E-state index contributed by atoms with van der Waals surface area (Å²) >= 11 is 1.78. The van der Waals surface area contributed by atoms with Crippen molar-refractivity contribution in [2.45, 2.75) is 18.9 Å². The first-order valence-corrected chi connectivity index (χ1v) is 8.22. The van der Waals surface area contributed by atoms with Gasteiger partial charge in [-0.2, -0.15) is 0 Å². The quantitative estimate of drug-likeness (QED) is 0.947. The molecule has 2 N–H and O–H groups in total. The molecule has 4 heteroatoms. The first-order valence-electron chi connectivity index (χ1n) is 7.34. The number of likely N-dealkylation sites (tertiary alicyclic amines) is 1. The zero-order valence-corrected chi connectivity index (χ0v) is 12.8. The summed E-state index contributed by atoms with van der Waals surface area (Å²) in [5, 5.41) is 2.10. The monoisotopic (exact) mass is 300 g/mol. The van der Waals surface area contributed by atoms with E-state index < -0.39 is 0 Å². The average Bonchev–Trinajstić information content (AvgIpc) is 2.99. The molecule has 21 heavy (non-hydrogen) atoms. The van der Waals surface area contributed by atoms with Gasteiger partial charge >= 0.3 is 0 Å². The smallest absolute Gasteiger partial charge is 0.253 e. The van der Waals surface area contributed by atoms with Gasteiger partial charge in [-0.05, 0) is 42.3 Å². The van der Waals surface area contributed by atoms with E-state index in [-0.39, 0.29) is 11.9 Å². The van der Waals surface area contributed by atoms with Crippen LogP contribution in [0.1, 0.15) is 21.7 Å². The standard InChI is InChI=1S/C17H20N2OS/c18-15-9-13(10-16-7-4-8-21-16)11-19(12-15)17(20)14-5-2-1-3-6-14/h1-8,13,15H,9-12,18H2. The SMILES string of the molecule is NC1CC(Cc2cccs2)CN(C(=O)c2ccccc2)C1. The molecule has 1 aliphatic heterocycles. The van der Waals surface area contributed by atoms with Crippen LogP contribution >= 0.6 is 11.3 Å². The lowest BCUT2D eigenvalue weighted by atomic mass is 9.91. The second kappa shape index (κ2) is 6.41. The van der Waals surface area contributed by atoms with E-state index in [9.17, 15) is 4.79 Å². The normalized spacial score (nSPS) is 22.2. The highest BCUT2D eigenvalue weighted by molar-refractivity contribution is 7.09. The Kier molecular flexibility index (Phi) is 4.36. The van der Waals surface area contributed by atoms with Crippen molar-refractivity contribution in [2.75, 3.05) is 13.1 Å². The molecule has 2 heterocycles. The van der Waals surface area contributed by atoms with Crippen molar-refractivity contribution in [3.63, 3.8) is 0 Å². The van der Waals surface area contributed by atoms with Crippen LogP contribution in [0.25, 0.3) is 0 Å². The van der Waals surface area contributed by atoms with Gasteiger partial charge in [-0.1, -0.05) is 24.3 Å². The molecular weight excluding hydrogens is 280 g/mol. The van der Waals surface area contributed by atoms with Crippen molar-refractivity contribution < 1.29 is 4.79 Å². The van der Waals surface area contributed by atoms with Gasteiger partial charge in [0.2, 0.25) is 0 Å². The minimum atomic E-state index is 0.0800. The van der Waals surface area contributed by atoms with E-state index in [2.05, 4.69) is 17.5 Å². The number of thiophene rings is 1. The fourth-order valence-electron chi connectivity index (χ4n) is 3.04. The Labute approximate surface area is 129 Å². The highest BCUT2D eigenvalue weighted by atomic mass is 32.1. The van der Waals surface area contributed by atoms with Gasteiger partial charge in [-0.15, -0.1) is 11.3 Å². The lowest BCUT2D eigenvalue weighted by Crippen LogP contribution is -2.49. The fourth-order valence-corrected chi connectivity index (χ4v) is 3.86. The first-order chi connectivity index (χ1) is 10.2. The molecule has 0 bridgehead atoms. The molecule has 2 aromatic rings. The Morgan fingerprint density at radius 3 is 2.71 bits per heavy atom. The van der Waals surface area contributed by atoms with Crippen LogP contribution in [-0.2, 0) is 6.42 Å². The molecule has 1 aromatic carbocycles. The highest BCUT2D eigenvalue weighted by Crippen LogP contribution is 2.23. The number of benzene rings is 1. The molecule has 3 nitrogen and oxygen atoms in total. The first kappa shape index (κ1) is 14.3. The number of hydrogen-bond acceptors (Lipinski definition) is 3. The maximum absolute atomic E-state index is 12.6. The highest BCUT2D eigenvalue weighted by Gasteiger charge is 2.28. The van der Waals surface area contributed by atoms with Crippen LogP contribution in [-0.4, -0.2) is 29.9 Å². The number of piperidine rings is 1. The molecule has 110 valence electrons. The average molecular weight is 300 g/mol. The Morgan fingerprint density at radius 1 is 1.19 bits per heavy atom. The zero-order chi connectivity index (χ0) is 14.7. The van der Waals surface area contributed by atoms with E-state index in [1.165, 1.54) is 4.88 Å².